The van der Waals surface area contributed by atoms with Crippen molar-refractivity contribution in [1.29, 1.82) is 0 Å². The second-order valence-electron chi connectivity index (χ2n) is 4.63. The monoisotopic (exact) mass is 290 g/mol. The molecule has 0 aliphatic rings. The maximum absolute atomic E-state index is 6.55. The van der Waals surface area contributed by atoms with Gasteiger partial charge in [-0.3, -0.25) is 0 Å². The van der Waals surface area contributed by atoms with Gasteiger partial charge in [-0.1, -0.05) is 49.7 Å². The predicted molar refractivity (Wildman–Crippen MR) is 86.4 cm³/mol. The molecule has 19 heavy (non-hydrogen) atoms. The molecule has 0 N–H and O–H groups in total. The molecule has 0 heterocycles. The van der Waals surface area contributed by atoms with Crippen molar-refractivity contribution in [3.8, 4) is 0 Å². The minimum atomic E-state index is -0.0633. The molecule has 0 aromatic heterocycles. The van der Waals surface area contributed by atoms with Crippen molar-refractivity contribution in [1.82, 2.24) is 0 Å². The quantitative estimate of drug-likeness (QED) is 0.503. The third-order valence-electron chi connectivity index (χ3n) is 3.22. The number of benzene rings is 2. The van der Waals surface area contributed by atoms with Crippen molar-refractivity contribution in [3.05, 3.63) is 65.2 Å². The molecule has 2 aromatic rings. The minimum absolute atomic E-state index is 0.0633. The lowest BCUT2D eigenvalue weighted by Gasteiger charge is -2.11. The lowest BCUT2D eigenvalue weighted by molar-refractivity contribution is 0.920. The topological polar surface area (TPSA) is 0 Å². The third kappa shape index (κ3) is 3.77. The van der Waals surface area contributed by atoms with Gasteiger partial charge in [0.25, 0.3) is 0 Å². The molecule has 0 saturated carbocycles. The third-order valence-corrected chi connectivity index (χ3v) is 4.47. The molecule has 0 amide bonds. The van der Waals surface area contributed by atoms with E-state index in [2.05, 4.69) is 61.7 Å². The van der Waals surface area contributed by atoms with Gasteiger partial charge in [0.2, 0.25) is 0 Å². The minimum Gasteiger partial charge on any atom is -0.130 e. The molecule has 0 saturated heterocycles. The SMILES string of the molecule is CCCc1ccc(C(Cl)c2ccc(SC)cc2)cc1. The van der Waals surface area contributed by atoms with Crippen LogP contribution in [0.15, 0.2) is 53.4 Å². The molecule has 100 valence electrons. The number of thioether (sulfide) groups is 1. The normalized spacial score (nSPS) is 12.4. The Labute approximate surface area is 125 Å². The number of aryl methyl sites for hydroxylation is 1. The summed E-state index contributed by atoms with van der Waals surface area (Å²) in [5, 5.41) is -0.0633. The average Bonchev–Trinajstić information content (AvgIpc) is 2.48. The van der Waals surface area contributed by atoms with Crippen LogP contribution >= 0.6 is 23.4 Å². The first kappa shape index (κ1) is 14.5. The molecule has 0 fully saturated rings. The van der Waals surface area contributed by atoms with E-state index in [-0.39, 0.29) is 5.38 Å². The highest BCUT2D eigenvalue weighted by Crippen LogP contribution is 2.30. The highest BCUT2D eigenvalue weighted by Gasteiger charge is 2.10. The molecule has 0 aliphatic carbocycles. The van der Waals surface area contributed by atoms with Crippen LogP contribution in [0.25, 0.3) is 0 Å². The Morgan fingerprint density at radius 1 is 0.947 bits per heavy atom. The summed E-state index contributed by atoms with van der Waals surface area (Å²) in [4.78, 5) is 1.27. The van der Waals surface area contributed by atoms with Gasteiger partial charge < -0.3 is 0 Å². The molecule has 1 unspecified atom stereocenters. The lowest BCUT2D eigenvalue weighted by atomic mass is 10.0. The van der Waals surface area contributed by atoms with E-state index >= 15 is 0 Å². The summed E-state index contributed by atoms with van der Waals surface area (Å²) in [5.74, 6) is 0. The van der Waals surface area contributed by atoms with Crippen molar-refractivity contribution >= 4 is 23.4 Å². The van der Waals surface area contributed by atoms with Gasteiger partial charge in [-0.05, 0) is 41.5 Å². The molecule has 2 aromatic carbocycles. The summed E-state index contributed by atoms with van der Waals surface area (Å²) in [6.07, 6.45) is 4.40. The Hall–Kier alpha value is -0.920. The van der Waals surface area contributed by atoms with Crippen LogP contribution in [0.3, 0.4) is 0 Å². The predicted octanol–water partition coefficient (Wildman–Crippen LogP) is 5.69. The number of alkyl halides is 1. The smallest absolute Gasteiger partial charge is 0.0835 e. The first-order chi connectivity index (χ1) is 9.24. The number of hydrogen-bond donors (Lipinski definition) is 0. The van der Waals surface area contributed by atoms with Gasteiger partial charge >= 0.3 is 0 Å². The first-order valence-corrected chi connectivity index (χ1v) is 8.27. The summed E-state index contributed by atoms with van der Waals surface area (Å²) in [7, 11) is 0. The van der Waals surface area contributed by atoms with E-state index in [1.165, 1.54) is 22.4 Å². The standard InChI is InChI=1S/C17H19ClS/c1-3-4-13-5-7-14(8-6-13)17(18)15-9-11-16(19-2)12-10-15/h5-12,17H,3-4H2,1-2H3. The highest BCUT2D eigenvalue weighted by molar-refractivity contribution is 7.98. The van der Waals surface area contributed by atoms with Crippen LogP contribution in [0.1, 0.15) is 35.4 Å². The fraction of sp³-hybridized carbons (Fsp3) is 0.294. The molecule has 0 bridgehead atoms. The zero-order chi connectivity index (χ0) is 13.7. The van der Waals surface area contributed by atoms with E-state index in [4.69, 9.17) is 11.6 Å². The Balaban J connectivity index is 2.15. The number of hydrogen-bond acceptors (Lipinski definition) is 1. The summed E-state index contributed by atoms with van der Waals surface area (Å²) in [6.45, 7) is 2.20. The average molecular weight is 291 g/mol. The Kier molecular flexibility index (Phi) is 5.35. The second-order valence-corrected chi connectivity index (χ2v) is 5.94. The summed E-state index contributed by atoms with van der Waals surface area (Å²) >= 11 is 8.30. The van der Waals surface area contributed by atoms with Gasteiger partial charge in [-0.2, -0.15) is 0 Å². The van der Waals surface area contributed by atoms with Crippen LogP contribution in [0.4, 0.5) is 0 Å². The molecule has 2 heteroatoms. The molecule has 0 spiro atoms. The van der Waals surface area contributed by atoms with Crippen LogP contribution in [0.5, 0.6) is 0 Å². The van der Waals surface area contributed by atoms with E-state index in [0.29, 0.717) is 0 Å². The van der Waals surface area contributed by atoms with Crippen molar-refractivity contribution < 1.29 is 0 Å². The summed E-state index contributed by atoms with van der Waals surface area (Å²) in [5.41, 5.74) is 3.70. The van der Waals surface area contributed by atoms with Crippen LogP contribution in [-0.4, -0.2) is 6.26 Å². The Morgan fingerprint density at radius 2 is 1.47 bits per heavy atom. The molecular formula is C17H19ClS. The summed E-state index contributed by atoms with van der Waals surface area (Å²) in [6, 6.07) is 17.1. The van der Waals surface area contributed by atoms with Gasteiger partial charge in [-0.15, -0.1) is 23.4 Å². The van der Waals surface area contributed by atoms with Gasteiger partial charge in [0, 0.05) is 4.90 Å². The highest BCUT2D eigenvalue weighted by atomic mass is 35.5. The molecular weight excluding hydrogens is 272 g/mol. The van der Waals surface area contributed by atoms with Crippen molar-refractivity contribution in [2.75, 3.05) is 6.26 Å². The van der Waals surface area contributed by atoms with Gasteiger partial charge in [0.15, 0.2) is 0 Å². The number of rotatable bonds is 5. The van der Waals surface area contributed by atoms with E-state index in [1.807, 2.05) is 0 Å². The maximum atomic E-state index is 6.55. The molecule has 1 atom stereocenters. The largest absolute Gasteiger partial charge is 0.130 e. The second kappa shape index (κ2) is 7.02. The lowest BCUT2D eigenvalue weighted by Crippen LogP contribution is -1.94. The van der Waals surface area contributed by atoms with E-state index in [9.17, 15) is 0 Å². The Morgan fingerprint density at radius 3 is 1.95 bits per heavy atom. The van der Waals surface area contributed by atoms with Gasteiger partial charge in [-0.25, -0.2) is 0 Å². The van der Waals surface area contributed by atoms with Crippen molar-refractivity contribution in [3.63, 3.8) is 0 Å². The zero-order valence-electron chi connectivity index (χ0n) is 11.4. The zero-order valence-corrected chi connectivity index (χ0v) is 13.0. The maximum Gasteiger partial charge on any atom is 0.0835 e. The van der Waals surface area contributed by atoms with E-state index in [0.717, 1.165) is 12.0 Å². The van der Waals surface area contributed by atoms with Gasteiger partial charge in [0.05, 0.1) is 5.38 Å². The fourth-order valence-electron chi connectivity index (χ4n) is 2.11. The first-order valence-electron chi connectivity index (χ1n) is 6.61. The van der Waals surface area contributed by atoms with E-state index < -0.39 is 0 Å². The van der Waals surface area contributed by atoms with Crippen LogP contribution in [0.2, 0.25) is 0 Å². The van der Waals surface area contributed by atoms with E-state index in [1.54, 1.807) is 11.8 Å². The number of halogens is 1. The molecule has 2 rings (SSSR count). The molecule has 0 aliphatic heterocycles. The molecule has 0 radical (unpaired) electrons. The Bertz CT molecular complexity index is 502. The van der Waals surface area contributed by atoms with Crippen LogP contribution < -0.4 is 0 Å². The molecule has 0 nitrogen and oxygen atoms in total. The van der Waals surface area contributed by atoms with Gasteiger partial charge in [0.1, 0.15) is 0 Å². The van der Waals surface area contributed by atoms with Crippen LogP contribution in [-0.2, 0) is 6.42 Å². The van der Waals surface area contributed by atoms with Crippen molar-refractivity contribution in [2.45, 2.75) is 30.0 Å². The van der Waals surface area contributed by atoms with Crippen molar-refractivity contribution in [2.24, 2.45) is 0 Å². The van der Waals surface area contributed by atoms with Crippen LogP contribution in [0, 0.1) is 0 Å². The fourth-order valence-corrected chi connectivity index (χ4v) is 2.81. The summed E-state index contributed by atoms with van der Waals surface area (Å²) < 4.78 is 0.